The highest BCUT2D eigenvalue weighted by Gasteiger charge is 2.19. The number of halogens is 2. The first-order valence-corrected chi connectivity index (χ1v) is 10.5. The van der Waals surface area contributed by atoms with Gasteiger partial charge in [0, 0.05) is 32.0 Å². The minimum Gasteiger partial charge on any atom is -0.453 e. The van der Waals surface area contributed by atoms with Crippen molar-refractivity contribution >= 4 is 23.3 Å². The van der Waals surface area contributed by atoms with Crippen molar-refractivity contribution in [2.45, 2.75) is 25.8 Å². The van der Waals surface area contributed by atoms with Crippen molar-refractivity contribution in [1.82, 2.24) is 14.9 Å². The standard InChI is InChI=1S/C23H22ClFN4O2/c24-19-12-17(23(30)29-9-2-1-3-10-29)14-28-22(19)27-13-16-6-7-21(20(25)11-16)31-18-5-4-8-26-15-18/h4-8,11-12,14-15H,1-3,9-10,13H2,(H,27,28). The predicted octanol–water partition coefficient (Wildman–Crippen LogP) is 5.30. The number of benzene rings is 1. The van der Waals surface area contributed by atoms with Crippen molar-refractivity contribution in [3.63, 3.8) is 0 Å². The second-order valence-corrected chi connectivity index (χ2v) is 7.72. The third kappa shape index (κ3) is 5.30. The molecular formula is C23H22ClFN4O2. The summed E-state index contributed by atoms with van der Waals surface area (Å²) < 4.78 is 19.9. The average Bonchev–Trinajstić information content (AvgIpc) is 2.80. The molecule has 2 aromatic heterocycles. The van der Waals surface area contributed by atoms with Gasteiger partial charge in [-0.15, -0.1) is 0 Å². The fourth-order valence-corrected chi connectivity index (χ4v) is 3.65. The van der Waals surface area contributed by atoms with Crippen LogP contribution in [0, 0.1) is 5.82 Å². The first-order valence-electron chi connectivity index (χ1n) is 10.1. The van der Waals surface area contributed by atoms with Gasteiger partial charge in [0.25, 0.3) is 5.91 Å². The molecule has 0 saturated carbocycles. The zero-order chi connectivity index (χ0) is 21.6. The van der Waals surface area contributed by atoms with E-state index >= 15 is 0 Å². The zero-order valence-electron chi connectivity index (χ0n) is 16.9. The molecule has 3 aromatic rings. The van der Waals surface area contributed by atoms with Gasteiger partial charge < -0.3 is 15.0 Å². The van der Waals surface area contributed by atoms with Crippen LogP contribution in [0.15, 0.2) is 55.0 Å². The average molecular weight is 441 g/mol. The molecule has 8 heteroatoms. The highest BCUT2D eigenvalue weighted by atomic mass is 35.5. The highest BCUT2D eigenvalue weighted by Crippen LogP contribution is 2.26. The van der Waals surface area contributed by atoms with Crippen LogP contribution in [-0.2, 0) is 6.54 Å². The third-order valence-corrected chi connectivity index (χ3v) is 5.34. The van der Waals surface area contributed by atoms with Crippen LogP contribution in [0.3, 0.4) is 0 Å². The molecule has 0 unspecified atom stereocenters. The molecule has 4 rings (SSSR count). The Kier molecular flexibility index (Phi) is 6.62. The lowest BCUT2D eigenvalue weighted by molar-refractivity contribution is 0.0724. The van der Waals surface area contributed by atoms with E-state index in [0.29, 0.717) is 34.3 Å². The monoisotopic (exact) mass is 440 g/mol. The van der Waals surface area contributed by atoms with Crippen LogP contribution in [0.1, 0.15) is 35.2 Å². The fourth-order valence-electron chi connectivity index (χ4n) is 3.42. The van der Waals surface area contributed by atoms with Crippen molar-refractivity contribution in [3.8, 4) is 11.5 Å². The summed E-state index contributed by atoms with van der Waals surface area (Å²) in [7, 11) is 0. The van der Waals surface area contributed by atoms with Gasteiger partial charge in [0.05, 0.1) is 16.8 Å². The van der Waals surface area contributed by atoms with Crippen LogP contribution in [0.2, 0.25) is 5.02 Å². The lowest BCUT2D eigenvalue weighted by Crippen LogP contribution is -2.35. The Labute approximate surface area is 185 Å². The van der Waals surface area contributed by atoms with Crippen LogP contribution in [0.4, 0.5) is 10.2 Å². The lowest BCUT2D eigenvalue weighted by atomic mass is 10.1. The second-order valence-electron chi connectivity index (χ2n) is 7.32. The van der Waals surface area contributed by atoms with Crippen molar-refractivity contribution in [2.75, 3.05) is 18.4 Å². The van der Waals surface area contributed by atoms with Gasteiger partial charge in [0.15, 0.2) is 11.6 Å². The normalized spacial score (nSPS) is 13.7. The molecule has 1 aliphatic rings. The molecule has 1 amide bonds. The number of nitrogens with zero attached hydrogens (tertiary/aromatic N) is 3. The van der Waals surface area contributed by atoms with Gasteiger partial charge in [-0.1, -0.05) is 17.7 Å². The summed E-state index contributed by atoms with van der Waals surface area (Å²) in [5, 5.41) is 3.43. The first kappa shape index (κ1) is 21.1. The maximum Gasteiger partial charge on any atom is 0.255 e. The maximum absolute atomic E-state index is 14.4. The van der Waals surface area contributed by atoms with Crippen molar-refractivity contribution in [1.29, 1.82) is 0 Å². The molecule has 3 heterocycles. The molecule has 1 N–H and O–H groups in total. The van der Waals surface area contributed by atoms with E-state index in [0.717, 1.165) is 32.4 Å². The van der Waals surface area contributed by atoms with E-state index in [1.165, 1.54) is 18.5 Å². The number of ether oxygens (including phenoxy) is 1. The molecule has 6 nitrogen and oxygen atoms in total. The van der Waals surface area contributed by atoms with Gasteiger partial charge in [0.1, 0.15) is 11.6 Å². The van der Waals surface area contributed by atoms with Crippen LogP contribution in [-0.4, -0.2) is 33.9 Å². The quantitative estimate of drug-likeness (QED) is 0.563. The number of aromatic nitrogens is 2. The van der Waals surface area contributed by atoms with Crippen LogP contribution in [0.5, 0.6) is 11.5 Å². The Morgan fingerprint density at radius 1 is 1.16 bits per heavy atom. The number of nitrogens with one attached hydrogen (secondary N) is 1. The minimum absolute atomic E-state index is 0.0491. The number of hydrogen-bond donors (Lipinski definition) is 1. The van der Waals surface area contributed by atoms with Gasteiger partial charge in [-0.3, -0.25) is 9.78 Å². The summed E-state index contributed by atoms with van der Waals surface area (Å²) in [6.45, 7) is 1.85. The van der Waals surface area contributed by atoms with E-state index in [1.54, 1.807) is 36.5 Å². The number of pyridine rings is 2. The Balaban J connectivity index is 1.38. The van der Waals surface area contributed by atoms with E-state index in [4.69, 9.17) is 16.3 Å². The summed E-state index contributed by atoms with van der Waals surface area (Å²) in [6.07, 6.45) is 7.86. The largest absolute Gasteiger partial charge is 0.453 e. The molecule has 31 heavy (non-hydrogen) atoms. The first-order chi connectivity index (χ1) is 15.1. The van der Waals surface area contributed by atoms with Crippen molar-refractivity contribution in [2.24, 2.45) is 0 Å². The van der Waals surface area contributed by atoms with Crippen molar-refractivity contribution in [3.05, 3.63) is 77.0 Å². The van der Waals surface area contributed by atoms with Gasteiger partial charge in [-0.05, 0) is 55.2 Å². The molecule has 0 bridgehead atoms. The summed E-state index contributed by atoms with van der Waals surface area (Å²) in [5.41, 5.74) is 1.17. The van der Waals surface area contributed by atoms with Crippen LogP contribution in [0.25, 0.3) is 0 Å². The van der Waals surface area contributed by atoms with Gasteiger partial charge in [-0.2, -0.15) is 0 Å². The van der Waals surface area contributed by atoms with Gasteiger partial charge >= 0.3 is 0 Å². The smallest absolute Gasteiger partial charge is 0.255 e. The summed E-state index contributed by atoms with van der Waals surface area (Å²) in [6, 6.07) is 9.75. The molecule has 0 spiro atoms. The van der Waals surface area contributed by atoms with Gasteiger partial charge in [-0.25, -0.2) is 9.37 Å². The predicted molar refractivity (Wildman–Crippen MR) is 117 cm³/mol. The van der Waals surface area contributed by atoms with E-state index in [2.05, 4.69) is 15.3 Å². The SMILES string of the molecule is O=C(c1cnc(NCc2ccc(Oc3cccnc3)c(F)c2)c(Cl)c1)N1CCCCC1. The Bertz CT molecular complexity index is 1060. The van der Waals surface area contributed by atoms with Crippen LogP contribution < -0.4 is 10.1 Å². The van der Waals surface area contributed by atoms with E-state index in [9.17, 15) is 9.18 Å². The molecule has 1 aliphatic heterocycles. The summed E-state index contributed by atoms with van der Waals surface area (Å²) in [4.78, 5) is 22.7. The number of likely N-dealkylation sites (tertiary alicyclic amines) is 1. The Morgan fingerprint density at radius 3 is 2.71 bits per heavy atom. The number of piperidine rings is 1. The molecule has 0 radical (unpaired) electrons. The molecular weight excluding hydrogens is 419 g/mol. The Morgan fingerprint density at radius 2 is 2.00 bits per heavy atom. The third-order valence-electron chi connectivity index (χ3n) is 5.05. The van der Waals surface area contributed by atoms with Crippen molar-refractivity contribution < 1.29 is 13.9 Å². The lowest BCUT2D eigenvalue weighted by Gasteiger charge is -2.26. The summed E-state index contributed by atoms with van der Waals surface area (Å²) >= 11 is 6.33. The number of carbonyl (C=O) groups is 1. The topological polar surface area (TPSA) is 67.3 Å². The number of anilines is 1. The highest BCUT2D eigenvalue weighted by molar-refractivity contribution is 6.33. The van der Waals surface area contributed by atoms with E-state index in [1.807, 2.05) is 4.90 Å². The zero-order valence-corrected chi connectivity index (χ0v) is 17.6. The van der Waals surface area contributed by atoms with Gasteiger partial charge in [0.2, 0.25) is 0 Å². The molecule has 160 valence electrons. The maximum atomic E-state index is 14.4. The number of rotatable bonds is 6. The number of amides is 1. The number of hydrogen-bond acceptors (Lipinski definition) is 5. The van der Waals surface area contributed by atoms with E-state index in [-0.39, 0.29) is 11.7 Å². The Hall–Kier alpha value is -3.19. The molecule has 0 aliphatic carbocycles. The molecule has 0 atom stereocenters. The minimum atomic E-state index is -0.482. The molecule has 1 fully saturated rings. The molecule has 1 aromatic carbocycles. The second kappa shape index (κ2) is 9.75. The fraction of sp³-hybridized carbons (Fsp3) is 0.261. The van der Waals surface area contributed by atoms with E-state index < -0.39 is 5.82 Å². The number of carbonyl (C=O) groups excluding carboxylic acids is 1. The molecule has 1 saturated heterocycles. The van der Waals surface area contributed by atoms with Crippen LogP contribution >= 0.6 is 11.6 Å². The summed E-state index contributed by atoms with van der Waals surface area (Å²) in [5.74, 6) is 0.487.